The van der Waals surface area contributed by atoms with Gasteiger partial charge in [-0.2, -0.15) is 0 Å². The Balaban J connectivity index is 2.57. The molecular weight excluding hydrogens is 271 g/mol. The highest BCUT2D eigenvalue weighted by Gasteiger charge is 2.14. The Morgan fingerprint density at radius 2 is 2.00 bits per heavy atom. The zero-order valence-corrected chi connectivity index (χ0v) is 11.3. The molecule has 1 atom stereocenters. The van der Waals surface area contributed by atoms with E-state index in [9.17, 15) is 4.39 Å². The van der Waals surface area contributed by atoms with E-state index in [0.29, 0.717) is 23.4 Å². The molecule has 0 aliphatic rings. The zero-order valence-electron chi connectivity index (χ0n) is 9.75. The van der Waals surface area contributed by atoms with Crippen molar-refractivity contribution in [3.05, 3.63) is 35.6 Å². The molecule has 0 N–H and O–H groups in total. The highest BCUT2D eigenvalue weighted by atomic mass is 79.9. The van der Waals surface area contributed by atoms with Crippen LogP contribution in [-0.4, -0.2) is 11.9 Å². The predicted molar refractivity (Wildman–Crippen MR) is 68.3 cm³/mol. The summed E-state index contributed by atoms with van der Waals surface area (Å²) >= 11 is 3.36. The molecule has 1 unspecified atom stereocenters. The van der Waals surface area contributed by atoms with Crippen molar-refractivity contribution >= 4 is 15.9 Å². The molecule has 0 aliphatic heterocycles. The van der Waals surface area contributed by atoms with Gasteiger partial charge < -0.3 is 4.74 Å². The third-order valence-corrected chi connectivity index (χ3v) is 2.99. The first-order valence-electron chi connectivity index (χ1n) is 5.57. The van der Waals surface area contributed by atoms with E-state index in [1.807, 2.05) is 6.07 Å². The molecule has 0 spiro atoms. The molecule has 1 aromatic rings. The lowest BCUT2D eigenvalue weighted by Crippen LogP contribution is -2.10. The predicted octanol–water partition coefficient (Wildman–Crippen LogP) is 4.32. The van der Waals surface area contributed by atoms with Gasteiger partial charge in [-0.15, -0.1) is 0 Å². The Morgan fingerprint density at radius 3 is 2.56 bits per heavy atom. The standard InChI is InChI=1S/C13H18BrFO/c1-10(2)7-8-16-13(9-14)11-5-3-4-6-12(11)15/h3-6,10,13H,7-9H2,1-2H3. The molecule has 0 amide bonds. The van der Waals surface area contributed by atoms with Crippen LogP contribution in [0.2, 0.25) is 0 Å². The largest absolute Gasteiger partial charge is 0.373 e. The summed E-state index contributed by atoms with van der Waals surface area (Å²) in [6, 6.07) is 6.77. The van der Waals surface area contributed by atoms with Gasteiger partial charge in [-0.1, -0.05) is 48.0 Å². The molecule has 0 bridgehead atoms. The second kappa shape index (κ2) is 7.02. The summed E-state index contributed by atoms with van der Waals surface area (Å²) in [7, 11) is 0. The summed E-state index contributed by atoms with van der Waals surface area (Å²) in [6.07, 6.45) is 0.803. The summed E-state index contributed by atoms with van der Waals surface area (Å²) in [5, 5.41) is 0.617. The minimum absolute atomic E-state index is 0.194. The van der Waals surface area contributed by atoms with Gasteiger partial charge in [0.05, 0.1) is 6.10 Å². The summed E-state index contributed by atoms with van der Waals surface area (Å²) in [5.41, 5.74) is 0.628. The maximum absolute atomic E-state index is 13.5. The van der Waals surface area contributed by atoms with Crippen molar-refractivity contribution in [1.82, 2.24) is 0 Å². The van der Waals surface area contributed by atoms with Gasteiger partial charge >= 0.3 is 0 Å². The zero-order chi connectivity index (χ0) is 12.0. The molecule has 0 saturated carbocycles. The minimum Gasteiger partial charge on any atom is -0.373 e. The molecule has 0 saturated heterocycles. The fraction of sp³-hybridized carbons (Fsp3) is 0.538. The van der Waals surface area contributed by atoms with Crippen molar-refractivity contribution < 1.29 is 9.13 Å². The van der Waals surface area contributed by atoms with Gasteiger partial charge in [-0.05, 0) is 18.4 Å². The maximum Gasteiger partial charge on any atom is 0.129 e. The third-order valence-electron chi connectivity index (χ3n) is 2.41. The second-order valence-electron chi connectivity index (χ2n) is 4.22. The first-order valence-corrected chi connectivity index (χ1v) is 6.69. The van der Waals surface area contributed by atoms with Crippen LogP contribution in [0.25, 0.3) is 0 Å². The van der Waals surface area contributed by atoms with E-state index in [4.69, 9.17) is 4.74 Å². The quantitative estimate of drug-likeness (QED) is 0.708. The van der Waals surface area contributed by atoms with Crippen LogP contribution in [0.1, 0.15) is 31.9 Å². The summed E-state index contributed by atoms with van der Waals surface area (Å²) in [6.45, 7) is 4.97. The van der Waals surface area contributed by atoms with Crippen LogP contribution < -0.4 is 0 Å². The number of rotatable bonds is 6. The molecule has 90 valence electrons. The van der Waals surface area contributed by atoms with Crippen molar-refractivity contribution in [2.24, 2.45) is 5.92 Å². The van der Waals surface area contributed by atoms with Gasteiger partial charge in [0.15, 0.2) is 0 Å². The molecule has 1 rings (SSSR count). The molecule has 0 aliphatic carbocycles. The monoisotopic (exact) mass is 288 g/mol. The fourth-order valence-electron chi connectivity index (χ4n) is 1.40. The van der Waals surface area contributed by atoms with Crippen LogP contribution in [0.4, 0.5) is 4.39 Å². The van der Waals surface area contributed by atoms with Crippen molar-refractivity contribution in [2.75, 3.05) is 11.9 Å². The van der Waals surface area contributed by atoms with Gasteiger partial charge in [-0.25, -0.2) is 4.39 Å². The maximum atomic E-state index is 13.5. The fourth-order valence-corrected chi connectivity index (χ4v) is 1.94. The van der Waals surface area contributed by atoms with E-state index < -0.39 is 0 Å². The molecule has 16 heavy (non-hydrogen) atoms. The van der Waals surface area contributed by atoms with Gasteiger partial charge in [0.2, 0.25) is 0 Å². The molecule has 1 nitrogen and oxygen atoms in total. The average Bonchev–Trinajstić information content (AvgIpc) is 2.25. The van der Waals surface area contributed by atoms with Gasteiger partial charge in [0.25, 0.3) is 0 Å². The highest BCUT2D eigenvalue weighted by Crippen LogP contribution is 2.23. The number of halogens is 2. The van der Waals surface area contributed by atoms with Crippen molar-refractivity contribution in [3.63, 3.8) is 0 Å². The van der Waals surface area contributed by atoms with Crippen LogP contribution >= 0.6 is 15.9 Å². The number of hydrogen-bond donors (Lipinski definition) is 0. The molecular formula is C13H18BrFO. The lowest BCUT2D eigenvalue weighted by molar-refractivity contribution is 0.0599. The minimum atomic E-state index is -0.198. The number of alkyl halides is 1. The SMILES string of the molecule is CC(C)CCOC(CBr)c1ccccc1F. The van der Waals surface area contributed by atoms with Crippen LogP contribution in [0.15, 0.2) is 24.3 Å². The number of hydrogen-bond acceptors (Lipinski definition) is 1. The van der Waals surface area contributed by atoms with Gasteiger partial charge in [-0.3, -0.25) is 0 Å². The second-order valence-corrected chi connectivity index (χ2v) is 4.87. The number of benzene rings is 1. The van der Waals surface area contributed by atoms with Crippen LogP contribution in [0.5, 0.6) is 0 Å². The van der Waals surface area contributed by atoms with Crippen molar-refractivity contribution in [3.8, 4) is 0 Å². The van der Waals surface area contributed by atoms with Gasteiger partial charge in [0, 0.05) is 17.5 Å². The van der Waals surface area contributed by atoms with E-state index in [2.05, 4.69) is 29.8 Å². The van der Waals surface area contributed by atoms with Crippen molar-refractivity contribution in [1.29, 1.82) is 0 Å². The summed E-state index contributed by atoms with van der Waals surface area (Å²) in [4.78, 5) is 0. The van der Waals surface area contributed by atoms with E-state index in [1.165, 1.54) is 6.07 Å². The van der Waals surface area contributed by atoms with Crippen LogP contribution in [-0.2, 0) is 4.74 Å². The molecule has 1 aromatic carbocycles. The molecule has 0 heterocycles. The molecule has 0 radical (unpaired) electrons. The van der Waals surface area contributed by atoms with E-state index in [-0.39, 0.29) is 11.9 Å². The molecule has 0 aromatic heterocycles. The van der Waals surface area contributed by atoms with E-state index in [1.54, 1.807) is 12.1 Å². The number of ether oxygens (including phenoxy) is 1. The topological polar surface area (TPSA) is 9.23 Å². The first-order chi connectivity index (χ1) is 7.65. The van der Waals surface area contributed by atoms with Crippen LogP contribution in [0.3, 0.4) is 0 Å². The summed E-state index contributed by atoms with van der Waals surface area (Å²) < 4.78 is 19.2. The van der Waals surface area contributed by atoms with E-state index in [0.717, 1.165) is 6.42 Å². The lowest BCUT2D eigenvalue weighted by atomic mass is 10.1. The first kappa shape index (κ1) is 13.7. The Morgan fingerprint density at radius 1 is 1.31 bits per heavy atom. The Bertz CT molecular complexity index is 315. The Kier molecular flexibility index (Phi) is 5.99. The smallest absolute Gasteiger partial charge is 0.129 e. The highest BCUT2D eigenvalue weighted by molar-refractivity contribution is 9.09. The van der Waals surface area contributed by atoms with E-state index >= 15 is 0 Å². The normalized spacial score (nSPS) is 13.1. The molecule has 3 heteroatoms. The summed E-state index contributed by atoms with van der Waals surface area (Å²) in [5.74, 6) is 0.410. The Labute approximate surface area is 105 Å². The molecule has 0 fully saturated rings. The van der Waals surface area contributed by atoms with Crippen LogP contribution in [0, 0.1) is 11.7 Å². The van der Waals surface area contributed by atoms with Crippen molar-refractivity contribution in [2.45, 2.75) is 26.4 Å². The lowest BCUT2D eigenvalue weighted by Gasteiger charge is -2.17. The Hall–Kier alpha value is -0.410. The van der Waals surface area contributed by atoms with Gasteiger partial charge in [0.1, 0.15) is 5.82 Å². The third kappa shape index (κ3) is 4.22. The average molecular weight is 289 g/mol.